The number of ether oxygens (including phenoxy) is 2. The lowest BCUT2D eigenvalue weighted by Crippen LogP contribution is -2.41. The Morgan fingerprint density at radius 2 is 1.80 bits per heavy atom. The molecular formula is C23H36BrN3O3. The van der Waals surface area contributed by atoms with Gasteiger partial charge in [0.2, 0.25) is 0 Å². The molecule has 1 saturated heterocycles. The minimum absolute atomic E-state index is 0.0852. The number of halogens is 1. The first-order valence-corrected chi connectivity index (χ1v) is 11.4. The van der Waals surface area contributed by atoms with Crippen LogP contribution in [0.5, 0.6) is 0 Å². The zero-order valence-electron chi connectivity index (χ0n) is 19.6. The zero-order valence-corrected chi connectivity index (χ0v) is 21.1. The van der Waals surface area contributed by atoms with Crippen LogP contribution in [-0.4, -0.2) is 42.0 Å². The molecule has 0 saturated carbocycles. The van der Waals surface area contributed by atoms with E-state index < -0.39 is 17.7 Å². The molecule has 0 aliphatic carbocycles. The highest BCUT2D eigenvalue weighted by Crippen LogP contribution is 2.43. The third kappa shape index (κ3) is 5.82. The summed E-state index contributed by atoms with van der Waals surface area (Å²) in [6.07, 6.45) is 2.21. The average Bonchev–Trinajstić information content (AvgIpc) is 2.62. The van der Waals surface area contributed by atoms with Crippen LogP contribution in [0.3, 0.4) is 0 Å². The van der Waals surface area contributed by atoms with Crippen molar-refractivity contribution in [1.82, 2.24) is 4.98 Å². The molecule has 1 fully saturated rings. The highest BCUT2D eigenvalue weighted by molar-refractivity contribution is 9.10. The van der Waals surface area contributed by atoms with Crippen LogP contribution in [0.1, 0.15) is 77.4 Å². The molecule has 0 aromatic carbocycles. The third-order valence-corrected chi connectivity index (χ3v) is 6.33. The number of hydrogen-bond acceptors (Lipinski definition) is 6. The van der Waals surface area contributed by atoms with Gasteiger partial charge < -0.3 is 19.8 Å². The quantitative estimate of drug-likeness (QED) is 0.427. The second-order valence-corrected chi connectivity index (χ2v) is 10.5. The van der Waals surface area contributed by atoms with Crippen LogP contribution in [-0.2, 0) is 14.3 Å². The number of rotatable bonds is 6. The van der Waals surface area contributed by atoms with Crippen molar-refractivity contribution in [2.24, 2.45) is 5.41 Å². The second-order valence-electron chi connectivity index (χ2n) is 9.74. The lowest BCUT2D eigenvalue weighted by atomic mass is 9.81. The molecule has 168 valence electrons. The molecular weight excluding hydrogens is 446 g/mol. The summed E-state index contributed by atoms with van der Waals surface area (Å²) in [7, 11) is 0. The Labute approximate surface area is 189 Å². The van der Waals surface area contributed by atoms with Crippen molar-refractivity contribution < 1.29 is 14.3 Å². The Balaban J connectivity index is 2.60. The summed E-state index contributed by atoms with van der Waals surface area (Å²) in [5.74, 6) is -0.400. The van der Waals surface area contributed by atoms with E-state index in [1.807, 2.05) is 48.5 Å². The molecule has 1 aliphatic heterocycles. The fourth-order valence-corrected chi connectivity index (χ4v) is 4.26. The van der Waals surface area contributed by atoms with E-state index in [2.05, 4.69) is 32.7 Å². The summed E-state index contributed by atoms with van der Waals surface area (Å²) in [4.78, 5) is 20.1. The van der Waals surface area contributed by atoms with E-state index in [4.69, 9.17) is 14.9 Å². The number of piperidine rings is 1. The molecule has 6 nitrogen and oxygen atoms in total. The average molecular weight is 482 g/mol. The monoisotopic (exact) mass is 481 g/mol. The number of carbonyl (C=O) groups is 1. The Morgan fingerprint density at radius 1 is 1.23 bits per heavy atom. The number of anilines is 1. The molecule has 0 radical (unpaired) electrons. The number of esters is 1. The van der Waals surface area contributed by atoms with E-state index in [1.54, 1.807) is 6.21 Å². The van der Waals surface area contributed by atoms with Gasteiger partial charge in [-0.15, -0.1) is 0 Å². The highest BCUT2D eigenvalue weighted by atomic mass is 79.9. The van der Waals surface area contributed by atoms with Gasteiger partial charge in [-0.1, -0.05) is 6.92 Å². The van der Waals surface area contributed by atoms with E-state index >= 15 is 0 Å². The molecule has 1 aromatic rings. The molecule has 2 rings (SSSR count). The molecule has 0 unspecified atom stereocenters. The van der Waals surface area contributed by atoms with E-state index in [1.165, 1.54) is 0 Å². The van der Waals surface area contributed by atoms with Crippen LogP contribution in [0.25, 0.3) is 0 Å². The Morgan fingerprint density at radius 3 is 2.27 bits per heavy atom. The number of carbonyl (C=O) groups excluding carboxylic acids is 1. The molecule has 7 heteroatoms. The van der Waals surface area contributed by atoms with E-state index in [-0.39, 0.29) is 11.5 Å². The maximum atomic E-state index is 13.1. The minimum atomic E-state index is -0.872. The van der Waals surface area contributed by atoms with E-state index in [9.17, 15) is 4.79 Å². The zero-order chi connectivity index (χ0) is 22.9. The van der Waals surface area contributed by atoms with Gasteiger partial charge in [-0.25, -0.2) is 4.79 Å². The van der Waals surface area contributed by atoms with Gasteiger partial charge in [0.05, 0.1) is 27.6 Å². The molecule has 0 amide bonds. The van der Waals surface area contributed by atoms with Crippen molar-refractivity contribution in [3.63, 3.8) is 0 Å². The number of pyridine rings is 1. The largest absolute Gasteiger partial charge is 0.461 e. The van der Waals surface area contributed by atoms with Crippen molar-refractivity contribution in [3.05, 3.63) is 21.4 Å². The summed E-state index contributed by atoms with van der Waals surface area (Å²) in [5, 5.41) is 7.76. The van der Waals surface area contributed by atoms with E-state index in [0.29, 0.717) is 0 Å². The van der Waals surface area contributed by atoms with Crippen LogP contribution in [0, 0.1) is 24.7 Å². The van der Waals surface area contributed by atoms with Crippen LogP contribution >= 0.6 is 15.9 Å². The van der Waals surface area contributed by atoms with Crippen molar-refractivity contribution in [1.29, 1.82) is 5.41 Å². The summed E-state index contributed by atoms with van der Waals surface area (Å²) in [6.45, 7) is 17.1. The molecule has 30 heavy (non-hydrogen) atoms. The first-order valence-electron chi connectivity index (χ1n) is 10.6. The standard InChI is InChI=1S/C23H36BrN3O3/c1-14(2)29-21(28)20(30-22(5,6)7)17-15(3)26-16(4)18(24)19(17)27-11-9-23(8,13-25)10-12-27/h13-14,20,25H,9-12H2,1-8H3/t20-/m0/s1. The van der Waals surface area contributed by atoms with Crippen LogP contribution < -0.4 is 4.90 Å². The van der Waals surface area contributed by atoms with Crippen LogP contribution in [0.4, 0.5) is 5.69 Å². The van der Waals surface area contributed by atoms with Crippen molar-refractivity contribution in [2.45, 2.75) is 86.0 Å². The number of aromatic nitrogens is 1. The first kappa shape index (κ1) is 24.8. The molecule has 1 aromatic heterocycles. The number of nitrogens with zero attached hydrogens (tertiary/aromatic N) is 2. The van der Waals surface area contributed by atoms with Gasteiger partial charge in [0.1, 0.15) is 0 Å². The number of aryl methyl sites for hydroxylation is 2. The maximum absolute atomic E-state index is 13.1. The lowest BCUT2D eigenvalue weighted by molar-refractivity contribution is -0.171. The molecule has 1 aliphatic rings. The van der Waals surface area contributed by atoms with Gasteiger partial charge in [-0.3, -0.25) is 4.98 Å². The second kappa shape index (κ2) is 9.35. The fourth-order valence-electron chi connectivity index (χ4n) is 3.70. The summed E-state index contributed by atoms with van der Waals surface area (Å²) in [6, 6.07) is 0. The van der Waals surface area contributed by atoms with Gasteiger partial charge in [-0.05, 0) is 77.2 Å². The predicted octanol–water partition coefficient (Wildman–Crippen LogP) is 5.52. The molecule has 2 heterocycles. The number of hydrogen-bond donors (Lipinski definition) is 1. The third-order valence-electron chi connectivity index (χ3n) is 5.38. The predicted molar refractivity (Wildman–Crippen MR) is 125 cm³/mol. The van der Waals surface area contributed by atoms with Crippen molar-refractivity contribution in [3.8, 4) is 0 Å². The van der Waals surface area contributed by atoms with E-state index in [0.717, 1.165) is 53.0 Å². The van der Waals surface area contributed by atoms with Gasteiger partial charge in [-0.2, -0.15) is 0 Å². The lowest BCUT2D eigenvalue weighted by Gasteiger charge is -2.40. The first-order chi connectivity index (χ1) is 13.8. The highest BCUT2D eigenvalue weighted by Gasteiger charge is 2.37. The maximum Gasteiger partial charge on any atom is 0.340 e. The molecule has 1 N–H and O–H groups in total. The summed E-state index contributed by atoms with van der Waals surface area (Å²) in [5.41, 5.74) is 2.72. The van der Waals surface area contributed by atoms with Crippen LogP contribution in [0.15, 0.2) is 4.47 Å². The minimum Gasteiger partial charge on any atom is -0.461 e. The topological polar surface area (TPSA) is 75.5 Å². The van der Waals surface area contributed by atoms with Gasteiger partial charge in [0.25, 0.3) is 0 Å². The molecule has 0 bridgehead atoms. The molecule has 1 atom stereocenters. The summed E-state index contributed by atoms with van der Waals surface area (Å²) >= 11 is 3.74. The van der Waals surface area contributed by atoms with Gasteiger partial charge in [0.15, 0.2) is 6.10 Å². The SMILES string of the molecule is Cc1nc(C)c([C@H](OC(C)(C)C)C(=O)OC(C)C)c(N2CCC(C)(C=N)CC2)c1Br. The van der Waals surface area contributed by atoms with Gasteiger partial charge >= 0.3 is 5.97 Å². The van der Waals surface area contributed by atoms with Gasteiger partial charge in [0, 0.05) is 36.0 Å². The summed E-state index contributed by atoms with van der Waals surface area (Å²) < 4.78 is 12.7. The molecule has 0 spiro atoms. The fraction of sp³-hybridized carbons (Fsp3) is 0.696. The smallest absolute Gasteiger partial charge is 0.340 e. The van der Waals surface area contributed by atoms with Crippen molar-refractivity contribution in [2.75, 3.05) is 18.0 Å². The number of nitrogens with one attached hydrogen (secondary N) is 1. The van der Waals surface area contributed by atoms with Crippen LogP contribution in [0.2, 0.25) is 0 Å². The Bertz CT molecular complexity index is 794. The van der Waals surface area contributed by atoms with Crippen molar-refractivity contribution >= 4 is 33.8 Å². The Hall–Kier alpha value is -1.47. The Kier molecular flexibility index (Phi) is 7.73. The normalized spacial score (nSPS) is 17.7.